The number of guanidine groups is 1. The number of hydrogen-bond donors (Lipinski definition) is 2. The molecule has 0 saturated carbocycles. The Morgan fingerprint density at radius 3 is 2.60 bits per heavy atom. The molecule has 0 aliphatic rings. The van der Waals surface area contributed by atoms with Crippen molar-refractivity contribution in [2.75, 3.05) is 13.1 Å². The smallest absolute Gasteiger partial charge is 0.250 e. The van der Waals surface area contributed by atoms with Gasteiger partial charge in [0.25, 0.3) is 5.56 Å². The van der Waals surface area contributed by atoms with Crippen molar-refractivity contribution >= 4 is 17.3 Å². The van der Waals surface area contributed by atoms with E-state index in [0.717, 1.165) is 48.0 Å². The number of rotatable bonds is 9. The number of pyridine rings is 1. The van der Waals surface area contributed by atoms with Crippen LogP contribution in [0, 0.1) is 0 Å². The standard InChI is InChI=1S/C23H29N5OS/c1-3-20-16-26-21(30-20)12-13-25-23(24-4-2)27-15-18-8-10-19(11-9-18)17-28-14-6-5-7-22(28)29/h5-11,14,16H,3-4,12-13,15,17H2,1-2H3,(H2,24,25,27). The summed E-state index contributed by atoms with van der Waals surface area (Å²) >= 11 is 1.78. The molecule has 6 nitrogen and oxygen atoms in total. The summed E-state index contributed by atoms with van der Waals surface area (Å²) in [6, 6.07) is 13.5. The highest BCUT2D eigenvalue weighted by atomic mass is 32.1. The molecule has 2 heterocycles. The van der Waals surface area contributed by atoms with Crippen LogP contribution in [0.15, 0.2) is 64.6 Å². The van der Waals surface area contributed by atoms with E-state index in [2.05, 4.69) is 58.7 Å². The normalized spacial score (nSPS) is 11.5. The van der Waals surface area contributed by atoms with Crippen LogP contribution in [0.4, 0.5) is 0 Å². The molecule has 0 radical (unpaired) electrons. The molecule has 158 valence electrons. The zero-order valence-electron chi connectivity index (χ0n) is 17.6. The van der Waals surface area contributed by atoms with Gasteiger partial charge in [-0.05, 0) is 30.5 Å². The summed E-state index contributed by atoms with van der Waals surface area (Å²) in [5.74, 6) is 0.810. The van der Waals surface area contributed by atoms with Gasteiger partial charge in [-0.25, -0.2) is 9.98 Å². The maximum absolute atomic E-state index is 11.9. The quantitative estimate of drug-likeness (QED) is 0.410. The fraction of sp³-hybridized carbons (Fsp3) is 0.348. The summed E-state index contributed by atoms with van der Waals surface area (Å²) in [6.07, 6.45) is 5.71. The van der Waals surface area contributed by atoms with Gasteiger partial charge in [-0.2, -0.15) is 0 Å². The molecular formula is C23H29N5OS. The van der Waals surface area contributed by atoms with E-state index in [-0.39, 0.29) is 5.56 Å². The zero-order chi connectivity index (χ0) is 21.2. The molecule has 7 heteroatoms. The maximum atomic E-state index is 11.9. The van der Waals surface area contributed by atoms with E-state index in [1.165, 1.54) is 4.88 Å². The summed E-state index contributed by atoms with van der Waals surface area (Å²) in [5.41, 5.74) is 2.23. The summed E-state index contributed by atoms with van der Waals surface area (Å²) < 4.78 is 1.70. The fourth-order valence-corrected chi connectivity index (χ4v) is 3.83. The van der Waals surface area contributed by atoms with Gasteiger partial charge in [0.1, 0.15) is 0 Å². The molecule has 30 heavy (non-hydrogen) atoms. The Balaban J connectivity index is 1.53. The van der Waals surface area contributed by atoms with E-state index in [9.17, 15) is 4.79 Å². The Labute approximate surface area is 181 Å². The number of aromatic nitrogens is 2. The second-order valence-corrected chi connectivity index (χ2v) is 8.13. The van der Waals surface area contributed by atoms with Crippen LogP contribution in [0.2, 0.25) is 0 Å². The van der Waals surface area contributed by atoms with Crippen LogP contribution in [0.3, 0.4) is 0 Å². The molecule has 2 aromatic heterocycles. The van der Waals surface area contributed by atoms with Gasteiger partial charge in [0.05, 0.1) is 18.1 Å². The van der Waals surface area contributed by atoms with Gasteiger partial charge in [-0.3, -0.25) is 4.79 Å². The number of hydrogen-bond acceptors (Lipinski definition) is 4. The molecule has 0 bridgehead atoms. The van der Waals surface area contributed by atoms with Crippen LogP contribution in [0.5, 0.6) is 0 Å². The average molecular weight is 424 g/mol. The van der Waals surface area contributed by atoms with Gasteiger partial charge in [0.15, 0.2) is 5.96 Å². The lowest BCUT2D eigenvalue weighted by Gasteiger charge is -2.11. The van der Waals surface area contributed by atoms with Crippen LogP contribution in [0.25, 0.3) is 0 Å². The molecule has 0 saturated heterocycles. The Morgan fingerprint density at radius 2 is 1.90 bits per heavy atom. The van der Waals surface area contributed by atoms with Crippen LogP contribution in [-0.4, -0.2) is 28.6 Å². The van der Waals surface area contributed by atoms with E-state index in [1.807, 2.05) is 18.5 Å². The molecule has 0 atom stereocenters. The molecule has 0 spiro atoms. The number of aliphatic imine (C=N–C) groups is 1. The first-order valence-electron chi connectivity index (χ1n) is 10.4. The third kappa shape index (κ3) is 6.56. The van der Waals surface area contributed by atoms with Crippen molar-refractivity contribution in [1.82, 2.24) is 20.2 Å². The molecule has 0 aliphatic carbocycles. The number of nitrogens with zero attached hydrogens (tertiary/aromatic N) is 3. The predicted molar refractivity (Wildman–Crippen MR) is 124 cm³/mol. The van der Waals surface area contributed by atoms with Crippen molar-refractivity contribution in [1.29, 1.82) is 0 Å². The van der Waals surface area contributed by atoms with Crippen LogP contribution >= 0.6 is 11.3 Å². The minimum absolute atomic E-state index is 0.0104. The maximum Gasteiger partial charge on any atom is 0.250 e. The molecule has 2 N–H and O–H groups in total. The van der Waals surface area contributed by atoms with E-state index in [1.54, 1.807) is 28.0 Å². The number of nitrogens with one attached hydrogen (secondary N) is 2. The first-order chi connectivity index (χ1) is 14.7. The minimum atomic E-state index is 0.0104. The van der Waals surface area contributed by atoms with Gasteiger partial charge >= 0.3 is 0 Å². The van der Waals surface area contributed by atoms with E-state index >= 15 is 0 Å². The van der Waals surface area contributed by atoms with E-state index in [4.69, 9.17) is 0 Å². The SMILES string of the molecule is CCNC(=NCc1ccc(Cn2ccccc2=O)cc1)NCCc1ncc(CC)s1. The highest BCUT2D eigenvalue weighted by Gasteiger charge is 2.03. The van der Waals surface area contributed by atoms with Crippen molar-refractivity contribution in [3.8, 4) is 0 Å². The molecule has 3 aromatic rings. The third-order valence-corrected chi connectivity index (χ3v) is 5.82. The van der Waals surface area contributed by atoms with Crippen LogP contribution in [-0.2, 0) is 25.9 Å². The topological polar surface area (TPSA) is 71.3 Å². The second kappa shape index (κ2) is 11.3. The number of benzene rings is 1. The summed E-state index contributed by atoms with van der Waals surface area (Å²) in [7, 11) is 0. The van der Waals surface area contributed by atoms with Gasteiger partial charge < -0.3 is 15.2 Å². The number of aryl methyl sites for hydroxylation is 1. The van der Waals surface area contributed by atoms with Crippen LogP contribution < -0.4 is 16.2 Å². The first kappa shape index (κ1) is 21.8. The first-order valence-corrected chi connectivity index (χ1v) is 11.2. The highest BCUT2D eigenvalue weighted by molar-refractivity contribution is 7.11. The molecule has 0 amide bonds. The van der Waals surface area contributed by atoms with E-state index in [0.29, 0.717) is 13.1 Å². The Kier molecular flexibility index (Phi) is 8.20. The zero-order valence-corrected chi connectivity index (χ0v) is 18.4. The lowest BCUT2D eigenvalue weighted by atomic mass is 10.1. The van der Waals surface area contributed by atoms with Crippen molar-refractivity contribution in [2.24, 2.45) is 4.99 Å². The monoisotopic (exact) mass is 423 g/mol. The average Bonchev–Trinajstić information content (AvgIpc) is 3.23. The molecule has 0 aliphatic heterocycles. The van der Waals surface area contributed by atoms with Gasteiger partial charge in [-0.15, -0.1) is 11.3 Å². The Hall–Kier alpha value is -2.93. The summed E-state index contributed by atoms with van der Waals surface area (Å²) in [6.45, 7) is 6.99. The third-order valence-electron chi connectivity index (χ3n) is 4.62. The Bertz CT molecular complexity index is 1010. The highest BCUT2D eigenvalue weighted by Crippen LogP contribution is 2.13. The summed E-state index contributed by atoms with van der Waals surface area (Å²) in [5, 5.41) is 7.83. The molecule has 1 aromatic carbocycles. The molecule has 0 unspecified atom stereocenters. The van der Waals surface area contributed by atoms with Gasteiger partial charge in [-0.1, -0.05) is 37.3 Å². The van der Waals surface area contributed by atoms with Gasteiger partial charge in [0, 0.05) is 42.8 Å². The molecule has 3 rings (SSSR count). The molecular weight excluding hydrogens is 394 g/mol. The lowest BCUT2D eigenvalue weighted by Crippen LogP contribution is -2.38. The fourth-order valence-electron chi connectivity index (χ4n) is 2.97. The van der Waals surface area contributed by atoms with E-state index < -0.39 is 0 Å². The van der Waals surface area contributed by atoms with Crippen molar-refractivity contribution < 1.29 is 0 Å². The summed E-state index contributed by atoms with van der Waals surface area (Å²) in [4.78, 5) is 22.3. The van der Waals surface area contributed by atoms with Crippen molar-refractivity contribution in [3.63, 3.8) is 0 Å². The van der Waals surface area contributed by atoms with Crippen molar-refractivity contribution in [3.05, 3.63) is 86.2 Å². The Morgan fingerprint density at radius 1 is 1.10 bits per heavy atom. The molecule has 0 fully saturated rings. The largest absolute Gasteiger partial charge is 0.357 e. The van der Waals surface area contributed by atoms with Gasteiger partial charge in [0.2, 0.25) is 0 Å². The second-order valence-electron chi connectivity index (χ2n) is 6.93. The van der Waals surface area contributed by atoms with Crippen molar-refractivity contribution in [2.45, 2.75) is 39.8 Å². The van der Waals surface area contributed by atoms with Crippen LogP contribution in [0.1, 0.15) is 34.9 Å². The predicted octanol–water partition coefficient (Wildman–Crippen LogP) is 3.21. The minimum Gasteiger partial charge on any atom is -0.357 e. The lowest BCUT2D eigenvalue weighted by molar-refractivity contribution is 0.759. The number of thiazole rings is 1.